The Hall–Kier alpha value is -1.75. The first kappa shape index (κ1) is 13.7. The number of anilines is 2. The first-order valence-corrected chi connectivity index (χ1v) is 6.54. The molecule has 1 heterocycles. The van der Waals surface area contributed by atoms with Crippen LogP contribution in [-0.4, -0.2) is 37.2 Å². The quantitative estimate of drug-likeness (QED) is 0.803. The van der Waals surface area contributed by atoms with Crippen LogP contribution in [0.4, 0.5) is 16.2 Å². The molecule has 2 unspecified atom stereocenters. The van der Waals surface area contributed by atoms with Gasteiger partial charge in [0.05, 0.1) is 6.10 Å². The number of carbonyl (C=O) groups is 1. The Kier molecular flexibility index (Phi) is 4.27. The molecular formula is C14H21N3O2. The lowest BCUT2D eigenvalue weighted by molar-refractivity contribution is 0.00896. The first-order chi connectivity index (χ1) is 9.10. The molecule has 1 aliphatic heterocycles. The lowest BCUT2D eigenvalue weighted by atomic mass is 9.96. The molecule has 19 heavy (non-hydrogen) atoms. The smallest absolute Gasteiger partial charge is 0.321 e. The zero-order valence-corrected chi connectivity index (χ0v) is 11.4. The molecular weight excluding hydrogens is 242 g/mol. The van der Waals surface area contributed by atoms with E-state index in [1.54, 1.807) is 24.1 Å². The number of amides is 2. The SMILES string of the molecule is COC1CN(C(=O)Nc2cccc(N)c2)CCC1C. The molecule has 2 amide bonds. The molecule has 2 atom stereocenters. The van der Waals surface area contributed by atoms with Crippen LogP contribution in [-0.2, 0) is 4.74 Å². The summed E-state index contributed by atoms with van der Waals surface area (Å²) in [5, 5.41) is 2.86. The number of rotatable bonds is 2. The molecule has 5 heteroatoms. The molecule has 1 aliphatic rings. The number of nitrogens with one attached hydrogen (secondary N) is 1. The summed E-state index contributed by atoms with van der Waals surface area (Å²) in [4.78, 5) is 14.0. The van der Waals surface area contributed by atoms with Crippen molar-refractivity contribution in [1.29, 1.82) is 0 Å². The third kappa shape index (κ3) is 3.38. The minimum Gasteiger partial charge on any atom is -0.399 e. The van der Waals surface area contributed by atoms with Gasteiger partial charge in [0.2, 0.25) is 0 Å². The molecule has 1 fully saturated rings. The number of ether oxygens (including phenoxy) is 1. The number of hydrogen-bond acceptors (Lipinski definition) is 3. The fourth-order valence-electron chi connectivity index (χ4n) is 2.34. The van der Waals surface area contributed by atoms with Crippen molar-refractivity contribution >= 4 is 17.4 Å². The van der Waals surface area contributed by atoms with E-state index in [9.17, 15) is 4.79 Å². The number of piperidine rings is 1. The molecule has 0 aromatic heterocycles. The van der Waals surface area contributed by atoms with Crippen molar-refractivity contribution in [3.05, 3.63) is 24.3 Å². The molecule has 0 bridgehead atoms. The summed E-state index contributed by atoms with van der Waals surface area (Å²) >= 11 is 0. The lowest BCUT2D eigenvalue weighted by Crippen LogP contribution is -2.48. The summed E-state index contributed by atoms with van der Waals surface area (Å²) in [7, 11) is 1.69. The lowest BCUT2D eigenvalue weighted by Gasteiger charge is -2.36. The van der Waals surface area contributed by atoms with Gasteiger partial charge in [-0.2, -0.15) is 0 Å². The number of nitrogens with two attached hydrogens (primary N) is 1. The Bertz CT molecular complexity index is 450. The van der Waals surface area contributed by atoms with Gasteiger partial charge in [-0.3, -0.25) is 0 Å². The highest BCUT2D eigenvalue weighted by Gasteiger charge is 2.28. The summed E-state index contributed by atoms with van der Waals surface area (Å²) in [6.45, 7) is 3.54. The summed E-state index contributed by atoms with van der Waals surface area (Å²) in [5.74, 6) is 0.487. The van der Waals surface area contributed by atoms with Crippen molar-refractivity contribution < 1.29 is 9.53 Å². The monoisotopic (exact) mass is 263 g/mol. The molecule has 1 aromatic rings. The number of methoxy groups -OCH3 is 1. The van der Waals surface area contributed by atoms with Gasteiger partial charge in [-0.25, -0.2) is 4.79 Å². The predicted octanol–water partition coefficient (Wildman–Crippen LogP) is 2.16. The number of urea groups is 1. The minimum atomic E-state index is -0.0976. The largest absolute Gasteiger partial charge is 0.399 e. The third-order valence-electron chi connectivity index (χ3n) is 3.62. The maximum absolute atomic E-state index is 12.2. The van der Waals surface area contributed by atoms with E-state index in [1.165, 1.54) is 0 Å². The van der Waals surface area contributed by atoms with E-state index in [-0.39, 0.29) is 12.1 Å². The molecule has 5 nitrogen and oxygen atoms in total. The fraction of sp³-hybridized carbons (Fsp3) is 0.500. The van der Waals surface area contributed by atoms with Crippen LogP contribution in [0.15, 0.2) is 24.3 Å². The van der Waals surface area contributed by atoms with E-state index < -0.39 is 0 Å². The number of nitrogen functional groups attached to an aromatic ring is 1. The number of likely N-dealkylation sites (tertiary alicyclic amines) is 1. The standard InChI is InChI=1S/C14H21N3O2/c1-10-6-7-17(9-13(10)19-2)14(18)16-12-5-3-4-11(15)8-12/h3-5,8,10,13H,6-7,9,15H2,1-2H3,(H,16,18). The molecule has 0 spiro atoms. The van der Waals surface area contributed by atoms with Gasteiger partial charge in [-0.1, -0.05) is 13.0 Å². The van der Waals surface area contributed by atoms with Crippen LogP contribution in [0.5, 0.6) is 0 Å². The molecule has 3 N–H and O–H groups in total. The number of carbonyl (C=O) groups excluding carboxylic acids is 1. The highest BCUT2D eigenvalue weighted by molar-refractivity contribution is 5.89. The Morgan fingerprint density at radius 2 is 2.32 bits per heavy atom. The van der Waals surface area contributed by atoms with Crippen LogP contribution in [0, 0.1) is 5.92 Å². The fourth-order valence-corrected chi connectivity index (χ4v) is 2.34. The minimum absolute atomic E-state index is 0.0976. The van der Waals surface area contributed by atoms with Crippen molar-refractivity contribution in [1.82, 2.24) is 4.90 Å². The van der Waals surface area contributed by atoms with E-state index in [4.69, 9.17) is 10.5 Å². The second-order valence-corrected chi connectivity index (χ2v) is 5.04. The zero-order valence-electron chi connectivity index (χ0n) is 11.4. The normalized spacial score (nSPS) is 23.2. The van der Waals surface area contributed by atoms with E-state index in [0.717, 1.165) is 18.7 Å². The molecule has 0 saturated carbocycles. The van der Waals surface area contributed by atoms with E-state index in [0.29, 0.717) is 18.2 Å². The Balaban J connectivity index is 1.97. The molecule has 1 aromatic carbocycles. The van der Waals surface area contributed by atoms with Crippen molar-refractivity contribution in [3.8, 4) is 0 Å². The van der Waals surface area contributed by atoms with Crippen molar-refractivity contribution in [2.45, 2.75) is 19.4 Å². The van der Waals surface area contributed by atoms with Gasteiger partial charge in [0.1, 0.15) is 0 Å². The van der Waals surface area contributed by atoms with Crippen LogP contribution >= 0.6 is 0 Å². The molecule has 0 aliphatic carbocycles. The first-order valence-electron chi connectivity index (χ1n) is 6.54. The topological polar surface area (TPSA) is 67.6 Å². The molecule has 2 rings (SSSR count). The molecule has 0 radical (unpaired) electrons. The Labute approximate surface area is 113 Å². The highest BCUT2D eigenvalue weighted by Crippen LogP contribution is 2.20. The molecule has 1 saturated heterocycles. The number of benzene rings is 1. The van der Waals surface area contributed by atoms with Crippen molar-refractivity contribution in [2.75, 3.05) is 31.2 Å². The van der Waals surface area contributed by atoms with Gasteiger partial charge in [-0.15, -0.1) is 0 Å². The van der Waals surface area contributed by atoms with E-state index >= 15 is 0 Å². The second-order valence-electron chi connectivity index (χ2n) is 5.04. The third-order valence-corrected chi connectivity index (χ3v) is 3.62. The maximum atomic E-state index is 12.2. The van der Waals surface area contributed by atoms with Gasteiger partial charge in [0, 0.05) is 31.6 Å². The van der Waals surface area contributed by atoms with Gasteiger partial charge in [0.25, 0.3) is 0 Å². The second kappa shape index (κ2) is 5.93. The van der Waals surface area contributed by atoms with Gasteiger partial charge < -0.3 is 20.7 Å². The summed E-state index contributed by atoms with van der Waals surface area (Å²) < 4.78 is 5.41. The van der Waals surface area contributed by atoms with Crippen LogP contribution in [0.3, 0.4) is 0 Å². The van der Waals surface area contributed by atoms with Crippen LogP contribution in [0.1, 0.15) is 13.3 Å². The van der Waals surface area contributed by atoms with E-state index in [2.05, 4.69) is 12.2 Å². The van der Waals surface area contributed by atoms with Gasteiger partial charge in [0.15, 0.2) is 0 Å². The summed E-state index contributed by atoms with van der Waals surface area (Å²) in [6.07, 6.45) is 1.07. The average molecular weight is 263 g/mol. The summed E-state index contributed by atoms with van der Waals surface area (Å²) in [5.41, 5.74) is 7.05. The van der Waals surface area contributed by atoms with Gasteiger partial charge in [-0.05, 0) is 30.5 Å². The Morgan fingerprint density at radius 3 is 3.00 bits per heavy atom. The zero-order chi connectivity index (χ0) is 13.8. The van der Waals surface area contributed by atoms with Crippen molar-refractivity contribution in [3.63, 3.8) is 0 Å². The van der Waals surface area contributed by atoms with Gasteiger partial charge >= 0.3 is 6.03 Å². The average Bonchev–Trinajstić information content (AvgIpc) is 2.39. The highest BCUT2D eigenvalue weighted by atomic mass is 16.5. The van der Waals surface area contributed by atoms with Crippen LogP contribution < -0.4 is 11.1 Å². The van der Waals surface area contributed by atoms with E-state index in [1.807, 2.05) is 12.1 Å². The van der Waals surface area contributed by atoms with Crippen LogP contribution in [0.2, 0.25) is 0 Å². The summed E-state index contributed by atoms with van der Waals surface area (Å²) in [6, 6.07) is 7.09. The predicted molar refractivity (Wildman–Crippen MR) is 76.0 cm³/mol. The Morgan fingerprint density at radius 1 is 1.53 bits per heavy atom. The molecule has 104 valence electrons. The van der Waals surface area contributed by atoms with Crippen molar-refractivity contribution in [2.24, 2.45) is 5.92 Å². The number of nitrogens with zero attached hydrogens (tertiary/aromatic N) is 1. The maximum Gasteiger partial charge on any atom is 0.321 e. The number of hydrogen-bond donors (Lipinski definition) is 2. The van der Waals surface area contributed by atoms with Crippen LogP contribution in [0.25, 0.3) is 0 Å².